The number of hydrogen-bond acceptors (Lipinski definition) is 3. The molecule has 0 spiro atoms. The second-order valence-corrected chi connectivity index (χ2v) is 6.91. The maximum Gasteiger partial charge on any atom is 0.267 e. The van der Waals surface area contributed by atoms with Gasteiger partial charge in [-0.15, -0.1) is 11.3 Å². The van der Waals surface area contributed by atoms with E-state index >= 15 is 0 Å². The first-order chi connectivity index (χ1) is 10.6. The van der Waals surface area contributed by atoms with Gasteiger partial charge in [-0.2, -0.15) is 0 Å². The zero-order valence-electron chi connectivity index (χ0n) is 11.5. The zero-order valence-corrected chi connectivity index (χ0v) is 14.7. The Hall–Kier alpha value is -1.56. The van der Waals surface area contributed by atoms with Crippen molar-refractivity contribution in [2.45, 2.75) is 0 Å². The highest BCUT2D eigenvalue weighted by atomic mass is 79.9. The molecule has 0 aliphatic rings. The van der Waals surface area contributed by atoms with Crippen molar-refractivity contribution < 1.29 is 9.53 Å². The molecule has 3 nitrogen and oxygen atoms in total. The summed E-state index contributed by atoms with van der Waals surface area (Å²) in [6.07, 6.45) is 0. The number of rotatable bonds is 3. The quantitative estimate of drug-likeness (QED) is 0.628. The number of carbonyl (C=O) groups is 1. The molecule has 1 heterocycles. The summed E-state index contributed by atoms with van der Waals surface area (Å²) in [6.45, 7) is 0. The predicted octanol–water partition coefficient (Wildman–Crippen LogP) is 5.58. The second kappa shape index (κ2) is 6.28. The Kier molecular flexibility index (Phi) is 4.38. The van der Waals surface area contributed by atoms with Gasteiger partial charge in [0, 0.05) is 20.2 Å². The minimum Gasteiger partial charge on any atom is -0.497 e. The van der Waals surface area contributed by atoms with Crippen LogP contribution in [-0.2, 0) is 0 Å². The fourth-order valence-electron chi connectivity index (χ4n) is 2.04. The van der Waals surface area contributed by atoms with E-state index in [0.717, 1.165) is 26.0 Å². The van der Waals surface area contributed by atoms with Crippen LogP contribution in [0.5, 0.6) is 5.75 Å². The van der Waals surface area contributed by atoms with E-state index in [-0.39, 0.29) is 5.91 Å². The van der Waals surface area contributed by atoms with E-state index in [1.807, 2.05) is 42.5 Å². The molecule has 0 radical (unpaired) electrons. The van der Waals surface area contributed by atoms with Crippen LogP contribution in [0.3, 0.4) is 0 Å². The van der Waals surface area contributed by atoms with Crippen molar-refractivity contribution in [1.82, 2.24) is 0 Å². The van der Waals surface area contributed by atoms with Gasteiger partial charge in [-0.25, -0.2) is 0 Å². The Balaban J connectivity index is 1.93. The largest absolute Gasteiger partial charge is 0.497 e. The lowest BCUT2D eigenvalue weighted by Crippen LogP contribution is -2.10. The van der Waals surface area contributed by atoms with Crippen molar-refractivity contribution >= 4 is 60.5 Å². The van der Waals surface area contributed by atoms with E-state index in [1.165, 1.54) is 11.3 Å². The molecular weight excluding hydrogens is 386 g/mol. The summed E-state index contributed by atoms with van der Waals surface area (Å²) in [5.41, 5.74) is 0.722. The average Bonchev–Trinajstić information content (AvgIpc) is 2.86. The highest BCUT2D eigenvalue weighted by molar-refractivity contribution is 9.10. The normalized spacial score (nSPS) is 10.7. The van der Waals surface area contributed by atoms with Crippen LogP contribution < -0.4 is 10.1 Å². The number of halogens is 2. The van der Waals surface area contributed by atoms with Gasteiger partial charge in [0.25, 0.3) is 5.91 Å². The maximum atomic E-state index is 12.4. The summed E-state index contributed by atoms with van der Waals surface area (Å²) in [6, 6.07) is 13.0. The monoisotopic (exact) mass is 395 g/mol. The van der Waals surface area contributed by atoms with E-state index < -0.39 is 0 Å². The number of hydrogen-bond donors (Lipinski definition) is 1. The highest BCUT2D eigenvalue weighted by Crippen LogP contribution is 2.37. The highest BCUT2D eigenvalue weighted by Gasteiger charge is 2.17. The number of ether oxygens (including phenoxy) is 1. The first-order valence-corrected chi connectivity index (χ1v) is 8.40. The Morgan fingerprint density at radius 1 is 1.23 bits per heavy atom. The molecule has 0 aliphatic heterocycles. The predicted molar refractivity (Wildman–Crippen MR) is 95.5 cm³/mol. The minimum atomic E-state index is -0.215. The number of carbonyl (C=O) groups excluding carboxylic acids is 1. The summed E-state index contributed by atoms with van der Waals surface area (Å²) in [5, 5.41) is 4.18. The summed E-state index contributed by atoms with van der Waals surface area (Å²) >= 11 is 11.1. The first-order valence-electron chi connectivity index (χ1n) is 6.41. The van der Waals surface area contributed by atoms with E-state index in [1.54, 1.807) is 7.11 Å². The smallest absolute Gasteiger partial charge is 0.267 e. The second-order valence-electron chi connectivity index (χ2n) is 4.57. The van der Waals surface area contributed by atoms with Crippen LogP contribution in [0.25, 0.3) is 10.1 Å². The molecule has 112 valence electrons. The molecule has 0 saturated carbocycles. The van der Waals surface area contributed by atoms with Crippen LogP contribution in [0.2, 0.25) is 5.02 Å². The first kappa shape index (κ1) is 15.3. The number of anilines is 1. The number of thiophene rings is 1. The molecule has 1 aromatic heterocycles. The molecule has 22 heavy (non-hydrogen) atoms. The van der Waals surface area contributed by atoms with Gasteiger partial charge in [-0.3, -0.25) is 4.79 Å². The van der Waals surface area contributed by atoms with Crippen LogP contribution in [0.15, 0.2) is 46.9 Å². The van der Waals surface area contributed by atoms with Gasteiger partial charge in [-0.05, 0) is 42.5 Å². The third-order valence-corrected chi connectivity index (χ3v) is 5.33. The number of nitrogens with one attached hydrogen (secondary N) is 1. The minimum absolute atomic E-state index is 0.215. The fraction of sp³-hybridized carbons (Fsp3) is 0.0625. The van der Waals surface area contributed by atoms with Crippen LogP contribution in [-0.4, -0.2) is 13.0 Å². The summed E-state index contributed by atoms with van der Waals surface area (Å²) < 4.78 is 7.07. The van der Waals surface area contributed by atoms with Crippen molar-refractivity contribution in [3.05, 3.63) is 56.8 Å². The third kappa shape index (κ3) is 2.97. The van der Waals surface area contributed by atoms with Crippen LogP contribution >= 0.6 is 38.9 Å². The summed E-state index contributed by atoms with van der Waals surface area (Å²) in [7, 11) is 1.61. The number of benzene rings is 2. The number of fused-ring (bicyclic) bond motifs is 1. The fourth-order valence-corrected chi connectivity index (χ4v) is 3.74. The standard InChI is InChI=1S/C16H11BrClNO2S/c1-21-11-6-7-12-13(8-11)22-15(14(12)18)16(20)19-10-4-2-9(17)3-5-10/h2-8H,1H3,(H,19,20). The van der Waals surface area contributed by atoms with Gasteiger partial charge in [0.2, 0.25) is 0 Å². The van der Waals surface area contributed by atoms with Crippen molar-refractivity contribution in [3.8, 4) is 5.75 Å². The molecule has 0 saturated heterocycles. The van der Waals surface area contributed by atoms with Gasteiger partial charge >= 0.3 is 0 Å². The molecule has 0 bridgehead atoms. The molecule has 0 atom stereocenters. The van der Waals surface area contributed by atoms with Gasteiger partial charge < -0.3 is 10.1 Å². The van der Waals surface area contributed by atoms with Gasteiger partial charge in [0.15, 0.2) is 0 Å². The molecule has 2 aromatic carbocycles. The van der Waals surface area contributed by atoms with Gasteiger partial charge in [0.05, 0.1) is 12.1 Å². The van der Waals surface area contributed by atoms with Crippen molar-refractivity contribution in [1.29, 1.82) is 0 Å². The lowest BCUT2D eigenvalue weighted by Gasteiger charge is -2.03. The van der Waals surface area contributed by atoms with Crippen molar-refractivity contribution in [2.24, 2.45) is 0 Å². The molecular formula is C16H11BrClNO2S. The topological polar surface area (TPSA) is 38.3 Å². The zero-order chi connectivity index (χ0) is 15.7. The van der Waals surface area contributed by atoms with Gasteiger partial charge in [-0.1, -0.05) is 27.5 Å². The Morgan fingerprint density at radius 2 is 1.95 bits per heavy atom. The Bertz CT molecular complexity index is 845. The number of amides is 1. The van der Waals surface area contributed by atoms with Crippen LogP contribution in [0.1, 0.15) is 9.67 Å². The Morgan fingerprint density at radius 3 is 2.64 bits per heavy atom. The van der Waals surface area contributed by atoms with Crippen molar-refractivity contribution in [3.63, 3.8) is 0 Å². The van der Waals surface area contributed by atoms with E-state index in [4.69, 9.17) is 16.3 Å². The lowest BCUT2D eigenvalue weighted by molar-refractivity contribution is 0.103. The Labute approximate surface area is 145 Å². The molecule has 1 amide bonds. The summed E-state index contributed by atoms with van der Waals surface area (Å²) in [5.74, 6) is 0.526. The van der Waals surface area contributed by atoms with Crippen LogP contribution in [0, 0.1) is 0 Å². The van der Waals surface area contributed by atoms with E-state index in [9.17, 15) is 4.79 Å². The van der Waals surface area contributed by atoms with Crippen LogP contribution in [0.4, 0.5) is 5.69 Å². The SMILES string of the molecule is COc1ccc2c(Cl)c(C(=O)Nc3ccc(Br)cc3)sc2c1. The third-order valence-electron chi connectivity index (χ3n) is 3.14. The number of methoxy groups -OCH3 is 1. The molecule has 3 rings (SSSR count). The molecule has 3 aromatic rings. The molecule has 0 aliphatic carbocycles. The maximum absolute atomic E-state index is 12.4. The van der Waals surface area contributed by atoms with E-state index in [0.29, 0.717) is 9.90 Å². The summed E-state index contributed by atoms with van der Waals surface area (Å²) in [4.78, 5) is 12.9. The van der Waals surface area contributed by atoms with Crippen molar-refractivity contribution in [2.75, 3.05) is 12.4 Å². The molecule has 0 unspecified atom stereocenters. The van der Waals surface area contributed by atoms with E-state index in [2.05, 4.69) is 21.2 Å². The molecule has 6 heteroatoms. The molecule has 0 fully saturated rings. The molecule has 1 N–H and O–H groups in total. The average molecular weight is 397 g/mol. The van der Waals surface area contributed by atoms with Gasteiger partial charge in [0.1, 0.15) is 10.6 Å². The lowest BCUT2D eigenvalue weighted by atomic mass is 10.2.